The lowest BCUT2D eigenvalue weighted by Gasteiger charge is -2.10. The van der Waals surface area contributed by atoms with Crippen molar-refractivity contribution < 1.29 is 22.8 Å². The van der Waals surface area contributed by atoms with E-state index in [-0.39, 0.29) is 22.8 Å². The van der Waals surface area contributed by atoms with Gasteiger partial charge in [-0.15, -0.1) is 0 Å². The zero-order valence-electron chi connectivity index (χ0n) is 14.8. The van der Waals surface area contributed by atoms with Gasteiger partial charge < -0.3 is 0 Å². The highest BCUT2D eigenvalue weighted by atomic mass is 19.4. The van der Waals surface area contributed by atoms with Crippen molar-refractivity contribution in [2.45, 2.75) is 12.1 Å². The molecule has 3 aromatic carbocycles. The highest BCUT2D eigenvalue weighted by molar-refractivity contribution is 6.30. The van der Waals surface area contributed by atoms with Crippen LogP contribution in [0, 0.1) is 0 Å². The number of nitrogens with zero attached hydrogens (tertiary/aromatic N) is 1. The molecule has 1 heterocycles. The summed E-state index contributed by atoms with van der Waals surface area (Å²) < 4.78 is 39.1. The molecule has 0 bridgehead atoms. The first-order valence-electron chi connectivity index (χ1n) is 8.92. The Balaban J connectivity index is 1.63. The molecule has 29 heavy (non-hydrogen) atoms. The summed E-state index contributed by atoms with van der Waals surface area (Å²) in [5, 5.41) is 2.19. The van der Waals surface area contributed by atoms with Gasteiger partial charge in [0.1, 0.15) is 5.92 Å². The molecule has 5 rings (SSSR count). The number of hydrogen-bond acceptors (Lipinski definition) is 3. The maximum Gasteiger partial charge on any atom is 0.416 e. The molecule has 6 heteroatoms. The molecule has 0 saturated heterocycles. The molecule has 3 nitrogen and oxygen atoms in total. The van der Waals surface area contributed by atoms with Gasteiger partial charge in [0.2, 0.25) is 0 Å². The first-order valence-corrected chi connectivity index (χ1v) is 8.92. The number of hydrogen-bond donors (Lipinski definition) is 0. The Labute approximate surface area is 162 Å². The highest BCUT2D eigenvalue weighted by Gasteiger charge is 2.41. The number of fused-ring (bicyclic) bond motifs is 3. The van der Waals surface area contributed by atoms with Crippen molar-refractivity contribution in [1.82, 2.24) is 4.98 Å². The van der Waals surface area contributed by atoms with Gasteiger partial charge in [0.25, 0.3) is 0 Å². The van der Waals surface area contributed by atoms with Crippen LogP contribution in [0.25, 0.3) is 21.7 Å². The zero-order valence-corrected chi connectivity index (χ0v) is 14.8. The van der Waals surface area contributed by atoms with Crippen LogP contribution in [-0.2, 0) is 6.18 Å². The molecule has 0 saturated carbocycles. The van der Waals surface area contributed by atoms with E-state index < -0.39 is 17.7 Å². The van der Waals surface area contributed by atoms with Crippen LogP contribution in [-0.4, -0.2) is 16.6 Å². The molecular weight excluding hydrogens is 379 g/mol. The van der Waals surface area contributed by atoms with Crippen LogP contribution < -0.4 is 0 Å². The van der Waals surface area contributed by atoms with Gasteiger partial charge in [0.15, 0.2) is 11.6 Å². The van der Waals surface area contributed by atoms with E-state index in [1.54, 1.807) is 18.2 Å². The lowest BCUT2D eigenvalue weighted by molar-refractivity contribution is -0.137. The van der Waals surface area contributed by atoms with Gasteiger partial charge in [-0.25, -0.2) is 0 Å². The second-order valence-corrected chi connectivity index (χ2v) is 7.05. The number of rotatable bonds is 1. The molecule has 1 aromatic heterocycles. The van der Waals surface area contributed by atoms with Crippen molar-refractivity contribution in [3.63, 3.8) is 0 Å². The summed E-state index contributed by atoms with van der Waals surface area (Å²) in [5.74, 6) is -1.90. The van der Waals surface area contributed by atoms with E-state index >= 15 is 0 Å². The standard InChI is InChI=1S/C23H12F3NO2/c24-23(25,26)15-7-5-12-6-8-18(27-19(12)11-15)20-21(28)16-9-13-3-1-2-4-14(13)10-17(16)22(20)29/h1-11,20H. The van der Waals surface area contributed by atoms with Crippen LogP contribution in [0.5, 0.6) is 0 Å². The number of pyridine rings is 1. The molecule has 0 spiro atoms. The third kappa shape index (κ3) is 2.71. The third-order valence-electron chi connectivity index (χ3n) is 5.28. The van der Waals surface area contributed by atoms with Crippen LogP contribution in [0.15, 0.2) is 66.7 Å². The summed E-state index contributed by atoms with van der Waals surface area (Å²) in [6.07, 6.45) is -4.50. The van der Waals surface area contributed by atoms with Crippen LogP contribution >= 0.6 is 0 Å². The van der Waals surface area contributed by atoms with E-state index in [1.165, 1.54) is 12.1 Å². The quantitative estimate of drug-likeness (QED) is 0.399. The van der Waals surface area contributed by atoms with Crippen molar-refractivity contribution in [2.75, 3.05) is 0 Å². The number of halogens is 3. The van der Waals surface area contributed by atoms with E-state index in [2.05, 4.69) is 4.98 Å². The molecule has 0 N–H and O–H groups in total. The Hall–Kier alpha value is -3.54. The fourth-order valence-electron chi connectivity index (χ4n) is 3.82. The largest absolute Gasteiger partial charge is 0.416 e. The second-order valence-electron chi connectivity index (χ2n) is 7.05. The first kappa shape index (κ1) is 17.6. The van der Waals surface area contributed by atoms with Gasteiger partial charge >= 0.3 is 6.18 Å². The van der Waals surface area contributed by atoms with Crippen LogP contribution in [0.4, 0.5) is 13.2 Å². The monoisotopic (exact) mass is 391 g/mol. The average molecular weight is 391 g/mol. The van der Waals surface area contributed by atoms with Gasteiger partial charge in [0, 0.05) is 16.5 Å². The Morgan fingerprint density at radius 1 is 0.724 bits per heavy atom. The van der Waals surface area contributed by atoms with Gasteiger partial charge in [-0.2, -0.15) is 13.2 Å². The number of Topliss-reactive ketones (excluding diaryl/α,β-unsaturated/α-hetero) is 2. The van der Waals surface area contributed by atoms with Crippen molar-refractivity contribution in [2.24, 2.45) is 0 Å². The maximum atomic E-state index is 13.0. The molecule has 0 atom stereocenters. The highest BCUT2D eigenvalue weighted by Crippen LogP contribution is 2.37. The summed E-state index contributed by atoms with van der Waals surface area (Å²) in [5.41, 5.74) is 0.0775. The van der Waals surface area contributed by atoms with E-state index in [0.717, 1.165) is 22.9 Å². The molecule has 142 valence electrons. The van der Waals surface area contributed by atoms with E-state index in [1.807, 2.05) is 24.3 Å². The molecule has 0 aliphatic heterocycles. The molecule has 0 fully saturated rings. The van der Waals surface area contributed by atoms with Crippen molar-refractivity contribution >= 4 is 33.2 Å². The molecule has 0 unspecified atom stereocenters. The van der Waals surface area contributed by atoms with Gasteiger partial charge in [0.05, 0.1) is 16.8 Å². The number of carbonyl (C=O) groups is 2. The minimum Gasteiger partial charge on any atom is -0.293 e. The molecular formula is C23H12F3NO2. The van der Waals surface area contributed by atoms with E-state index in [0.29, 0.717) is 16.5 Å². The second kappa shape index (κ2) is 5.98. The number of aromatic nitrogens is 1. The van der Waals surface area contributed by atoms with Gasteiger partial charge in [-0.3, -0.25) is 14.6 Å². The topological polar surface area (TPSA) is 47.0 Å². The van der Waals surface area contributed by atoms with Crippen LogP contribution in [0.1, 0.15) is 37.9 Å². The van der Waals surface area contributed by atoms with Crippen LogP contribution in [0.2, 0.25) is 0 Å². The summed E-state index contributed by atoms with van der Waals surface area (Å²) in [4.78, 5) is 30.2. The third-order valence-corrected chi connectivity index (χ3v) is 5.28. The van der Waals surface area contributed by atoms with Crippen molar-refractivity contribution in [1.29, 1.82) is 0 Å². The van der Waals surface area contributed by atoms with Crippen molar-refractivity contribution in [3.05, 3.63) is 89.1 Å². The zero-order chi connectivity index (χ0) is 20.3. The fraction of sp³-hybridized carbons (Fsp3) is 0.0870. The summed E-state index contributed by atoms with van der Waals surface area (Å²) in [7, 11) is 0. The summed E-state index contributed by atoms with van der Waals surface area (Å²) in [6.45, 7) is 0. The minimum absolute atomic E-state index is 0.0963. The minimum atomic E-state index is -4.50. The van der Waals surface area contributed by atoms with E-state index in [9.17, 15) is 22.8 Å². The van der Waals surface area contributed by atoms with Gasteiger partial charge in [-0.05, 0) is 41.1 Å². The lowest BCUT2D eigenvalue weighted by Crippen LogP contribution is -2.14. The molecule has 0 radical (unpaired) electrons. The maximum absolute atomic E-state index is 13.0. The summed E-state index contributed by atoms with van der Waals surface area (Å²) in [6, 6.07) is 17.1. The molecule has 0 amide bonds. The number of ketones is 2. The van der Waals surface area contributed by atoms with Crippen molar-refractivity contribution in [3.8, 4) is 0 Å². The molecule has 1 aliphatic carbocycles. The average Bonchev–Trinajstić information content (AvgIpc) is 2.94. The SMILES string of the molecule is O=C1c2cc3ccccc3cc2C(=O)C1c1ccc2ccc(C(F)(F)F)cc2n1. The van der Waals surface area contributed by atoms with Crippen LogP contribution in [0.3, 0.4) is 0 Å². The Morgan fingerprint density at radius 2 is 1.31 bits per heavy atom. The predicted molar refractivity (Wildman–Crippen MR) is 102 cm³/mol. The number of carbonyl (C=O) groups excluding carboxylic acids is 2. The van der Waals surface area contributed by atoms with E-state index in [4.69, 9.17) is 0 Å². The smallest absolute Gasteiger partial charge is 0.293 e. The Bertz CT molecular complexity index is 1290. The molecule has 1 aliphatic rings. The fourth-order valence-corrected chi connectivity index (χ4v) is 3.82. The Kier molecular flexibility index (Phi) is 3.62. The number of alkyl halides is 3. The normalized spacial score (nSPS) is 14.7. The molecule has 4 aromatic rings. The Morgan fingerprint density at radius 3 is 1.90 bits per heavy atom. The lowest BCUT2D eigenvalue weighted by atomic mass is 9.98. The predicted octanol–water partition coefficient (Wildman–Crippen LogP) is 5.57. The number of benzene rings is 3. The van der Waals surface area contributed by atoms with Gasteiger partial charge in [-0.1, -0.05) is 36.4 Å². The summed E-state index contributed by atoms with van der Waals surface area (Å²) >= 11 is 0. The first-order chi connectivity index (χ1) is 13.8.